The molecule has 0 spiro atoms. The highest BCUT2D eigenvalue weighted by Crippen LogP contribution is 2.57. The molecule has 0 radical (unpaired) electrons. The quantitative estimate of drug-likeness (QED) is 0.131. The molecule has 1 saturated carbocycles. The number of aryl methyl sites for hydroxylation is 1. The predicted molar refractivity (Wildman–Crippen MR) is 174 cm³/mol. The number of pyridine rings is 1. The Morgan fingerprint density at radius 1 is 1.15 bits per heavy atom. The standard InChI is InChI=1S/C35H34F2N4O4S/c1-4-28(42)38-19-34-8-10-35(11-9-34,45-20-34)33-30(29-25(37)16-23(36)17-27(29)44-13-12-43-3)32-24(7-14-46-32)31(40-33)21-5-6-26-22(15-21)18-39-41(26)2/h4-7,14-18H,1,8-13,19-20H2,2-3H3,(H,38,42). The number of hydrogen-bond donors (Lipinski definition) is 1. The predicted octanol–water partition coefficient (Wildman–Crippen LogP) is 6.91. The molecule has 0 atom stereocenters. The van der Waals surface area contributed by atoms with Gasteiger partial charge in [-0.05, 0) is 55.3 Å². The molecule has 1 N–H and O–H groups in total. The van der Waals surface area contributed by atoms with E-state index in [2.05, 4.69) is 23.1 Å². The van der Waals surface area contributed by atoms with Crippen molar-refractivity contribution in [2.75, 3.05) is 33.5 Å². The Bertz CT molecular complexity index is 1960. The first-order valence-corrected chi connectivity index (χ1v) is 16.1. The van der Waals surface area contributed by atoms with Crippen molar-refractivity contribution in [1.82, 2.24) is 20.1 Å². The first-order chi connectivity index (χ1) is 22.3. The van der Waals surface area contributed by atoms with Gasteiger partial charge >= 0.3 is 0 Å². The molecule has 5 heterocycles. The van der Waals surface area contributed by atoms with Gasteiger partial charge in [-0.3, -0.25) is 9.48 Å². The molecule has 11 heteroatoms. The Balaban J connectivity index is 1.43. The molecular weight excluding hydrogens is 610 g/mol. The molecule has 8 rings (SSSR count). The maximum absolute atomic E-state index is 16.1. The number of carbonyl (C=O) groups excluding carboxylic acids is 1. The van der Waals surface area contributed by atoms with Crippen LogP contribution in [-0.4, -0.2) is 54.1 Å². The second-order valence-corrected chi connectivity index (χ2v) is 13.1. The average molecular weight is 645 g/mol. The SMILES string of the molecule is C=CC(=O)NCC12CCC(c3nc(-c4ccc5c(cnn5C)c4)c4ccsc4c3-c3c(F)cc(F)cc3OCCOC)(CC1)OC2. The number of carbonyl (C=O) groups is 1. The summed E-state index contributed by atoms with van der Waals surface area (Å²) < 4.78 is 51.3. The second kappa shape index (κ2) is 11.9. The van der Waals surface area contributed by atoms with Gasteiger partial charge in [-0.2, -0.15) is 5.10 Å². The van der Waals surface area contributed by atoms with Gasteiger partial charge in [0.2, 0.25) is 5.91 Å². The van der Waals surface area contributed by atoms with Gasteiger partial charge in [0, 0.05) is 64.8 Å². The van der Waals surface area contributed by atoms with Crippen molar-refractivity contribution in [1.29, 1.82) is 0 Å². The number of benzene rings is 2. The highest BCUT2D eigenvalue weighted by molar-refractivity contribution is 7.17. The first kappa shape index (κ1) is 30.5. The number of rotatable bonds is 10. The number of hydrogen-bond acceptors (Lipinski definition) is 7. The summed E-state index contributed by atoms with van der Waals surface area (Å²) in [5.74, 6) is -1.60. The lowest BCUT2D eigenvalue weighted by Crippen LogP contribution is -2.54. The fourth-order valence-corrected chi connectivity index (χ4v) is 7.85. The molecule has 238 valence electrons. The minimum absolute atomic E-state index is 0.0846. The van der Waals surface area contributed by atoms with E-state index in [9.17, 15) is 9.18 Å². The Kier molecular flexibility index (Phi) is 7.86. The van der Waals surface area contributed by atoms with E-state index in [-0.39, 0.29) is 35.8 Å². The monoisotopic (exact) mass is 644 g/mol. The third-order valence-corrected chi connectivity index (χ3v) is 10.4. The van der Waals surface area contributed by atoms with Crippen LogP contribution < -0.4 is 10.1 Å². The normalized spacial score (nSPS) is 20.8. The molecule has 3 fully saturated rings. The number of nitrogens with one attached hydrogen (secondary N) is 1. The van der Waals surface area contributed by atoms with Crippen molar-refractivity contribution < 1.29 is 27.8 Å². The van der Waals surface area contributed by atoms with Gasteiger partial charge < -0.3 is 19.5 Å². The van der Waals surface area contributed by atoms with Crippen molar-refractivity contribution >= 4 is 38.2 Å². The third-order valence-electron chi connectivity index (χ3n) is 9.47. The number of amides is 1. The Hall–Kier alpha value is -4.19. The number of thiophene rings is 1. The van der Waals surface area contributed by atoms with Gasteiger partial charge in [0.25, 0.3) is 0 Å². The van der Waals surface area contributed by atoms with Crippen LogP contribution in [0.1, 0.15) is 31.4 Å². The molecule has 2 bridgehead atoms. The molecule has 2 saturated heterocycles. The molecule has 3 aromatic heterocycles. The highest BCUT2D eigenvalue weighted by atomic mass is 32.1. The van der Waals surface area contributed by atoms with Gasteiger partial charge in [-0.25, -0.2) is 13.8 Å². The fourth-order valence-electron chi connectivity index (χ4n) is 6.90. The fraction of sp³-hybridized carbons (Fsp3) is 0.343. The van der Waals surface area contributed by atoms with Gasteiger partial charge in [0.1, 0.15) is 29.6 Å². The van der Waals surface area contributed by atoms with E-state index in [4.69, 9.17) is 19.2 Å². The van der Waals surface area contributed by atoms with Crippen LogP contribution in [-0.2, 0) is 26.9 Å². The van der Waals surface area contributed by atoms with E-state index in [1.54, 1.807) is 7.11 Å². The Labute approximate surface area is 269 Å². The Morgan fingerprint density at radius 2 is 1.98 bits per heavy atom. The summed E-state index contributed by atoms with van der Waals surface area (Å²) >= 11 is 1.48. The number of ether oxygens (including phenoxy) is 3. The number of fused-ring (bicyclic) bond motifs is 5. The summed E-state index contributed by atoms with van der Waals surface area (Å²) in [5.41, 5.74) is 2.92. The zero-order chi connectivity index (χ0) is 32.1. The molecule has 1 amide bonds. The van der Waals surface area contributed by atoms with Crippen LogP contribution in [0.15, 0.2) is 60.6 Å². The van der Waals surface area contributed by atoms with Crippen LogP contribution in [0.2, 0.25) is 0 Å². The minimum atomic E-state index is -0.824. The molecule has 46 heavy (non-hydrogen) atoms. The maximum atomic E-state index is 16.1. The topological polar surface area (TPSA) is 87.5 Å². The van der Waals surface area contributed by atoms with E-state index in [0.717, 1.165) is 51.2 Å². The number of nitrogens with zero attached hydrogens (tertiary/aromatic N) is 3. The summed E-state index contributed by atoms with van der Waals surface area (Å²) in [6.45, 7) is 4.83. The summed E-state index contributed by atoms with van der Waals surface area (Å²) in [7, 11) is 3.44. The van der Waals surface area contributed by atoms with Gasteiger partial charge in [-0.15, -0.1) is 11.3 Å². The zero-order valence-electron chi connectivity index (χ0n) is 25.7. The lowest BCUT2D eigenvalue weighted by atomic mass is 9.64. The van der Waals surface area contributed by atoms with Gasteiger partial charge in [-0.1, -0.05) is 12.6 Å². The van der Waals surface area contributed by atoms with Gasteiger partial charge in [0.05, 0.1) is 41.9 Å². The summed E-state index contributed by atoms with van der Waals surface area (Å²) in [6, 6.07) is 10.2. The molecule has 5 aromatic rings. The van der Waals surface area contributed by atoms with Crippen molar-refractivity contribution in [3.63, 3.8) is 0 Å². The number of methoxy groups -OCH3 is 1. The summed E-state index contributed by atoms with van der Waals surface area (Å²) in [5, 5.41) is 11.1. The lowest BCUT2D eigenvalue weighted by Gasteiger charge is -2.53. The smallest absolute Gasteiger partial charge is 0.243 e. The third kappa shape index (κ3) is 5.16. The molecule has 2 aromatic carbocycles. The van der Waals surface area contributed by atoms with Crippen LogP contribution in [0.5, 0.6) is 5.75 Å². The van der Waals surface area contributed by atoms with Gasteiger partial charge in [0.15, 0.2) is 0 Å². The van der Waals surface area contributed by atoms with E-state index >= 15 is 4.39 Å². The Morgan fingerprint density at radius 3 is 2.72 bits per heavy atom. The molecule has 0 unspecified atom stereocenters. The van der Waals surface area contributed by atoms with E-state index in [1.807, 2.05) is 41.5 Å². The van der Waals surface area contributed by atoms with Crippen LogP contribution in [0, 0.1) is 17.0 Å². The molecule has 2 aliphatic heterocycles. The molecule has 3 aliphatic rings. The summed E-state index contributed by atoms with van der Waals surface area (Å²) in [6.07, 6.45) is 5.91. The van der Waals surface area contributed by atoms with Crippen LogP contribution in [0.3, 0.4) is 0 Å². The molecule has 8 nitrogen and oxygen atoms in total. The van der Waals surface area contributed by atoms with Crippen molar-refractivity contribution in [2.24, 2.45) is 12.5 Å². The van der Waals surface area contributed by atoms with E-state index in [0.29, 0.717) is 37.3 Å². The van der Waals surface area contributed by atoms with Crippen LogP contribution >= 0.6 is 11.3 Å². The van der Waals surface area contributed by atoms with Crippen molar-refractivity contribution in [2.45, 2.75) is 31.3 Å². The van der Waals surface area contributed by atoms with Crippen molar-refractivity contribution in [3.8, 4) is 28.1 Å². The summed E-state index contributed by atoms with van der Waals surface area (Å²) in [4.78, 5) is 17.3. The van der Waals surface area contributed by atoms with Crippen molar-refractivity contribution in [3.05, 3.63) is 78.0 Å². The second-order valence-electron chi connectivity index (χ2n) is 12.2. The van der Waals surface area contributed by atoms with E-state index < -0.39 is 17.2 Å². The largest absolute Gasteiger partial charge is 0.490 e. The first-order valence-electron chi connectivity index (χ1n) is 15.3. The highest BCUT2D eigenvalue weighted by Gasteiger charge is 2.53. The minimum Gasteiger partial charge on any atom is -0.490 e. The lowest BCUT2D eigenvalue weighted by molar-refractivity contribution is -0.189. The van der Waals surface area contributed by atoms with Crippen LogP contribution in [0.4, 0.5) is 8.78 Å². The zero-order valence-corrected chi connectivity index (χ0v) is 26.5. The number of aromatic nitrogens is 3. The molecule has 1 aliphatic carbocycles. The van der Waals surface area contributed by atoms with E-state index in [1.165, 1.54) is 23.5 Å². The maximum Gasteiger partial charge on any atom is 0.243 e. The molecular formula is C35H34F2N4O4S. The van der Waals surface area contributed by atoms with Crippen LogP contribution in [0.25, 0.3) is 43.4 Å². The average Bonchev–Trinajstić information content (AvgIpc) is 3.71. The number of halogens is 2.